The van der Waals surface area contributed by atoms with Gasteiger partial charge < -0.3 is 15.2 Å². The van der Waals surface area contributed by atoms with Crippen molar-refractivity contribution in [3.8, 4) is 5.75 Å². The summed E-state index contributed by atoms with van der Waals surface area (Å²) in [5.41, 5.74) is 9.23. The summed E-state index contributed by atoms with van der Waals surface area (Å²) in [5, 5.41) is 0. The van der Waals surface area contributed by atoms with Crippen LogP contribution < -0.4 is 10.5 Å². The average Bonchev–Trinajstić information content (AvgIpc) is 2.73. The van der Waals surface area contributed by atoms with Crippen LogP contribution in [0.1, 0.15) is 16.7 Å². The molecule has 6 heteroatoms. The maximum Gasteiger partial charge on any atom is 0.138 e. The van der Waals surface area contributed by atoms with E-state index in [2.05, 4.69) is 9.97 Å². The van der Waals surface area contributed by atoms with Crippen molar-refractivity contribution >= 4 is 24.6 Å². The molecule has 0 fully saturated rings. The number of hydrogen-bond donors (Lipinski definition) is 1. The predicted molar refractivity (Wildman–Crippen MR) is 114 cm³/mol. The van der Waals surface area contributed by atoms with E-state index in [4.69, 9.17) is 15.2 Å². The predicted octanol–water partition coefficient (Wildman–Crippen LogP) is 3.99. The molecular formula is C22H24ClN3O2. The molecule has 28 heavy (non-hydrogen) atoms. The molecule has 0 unspecified atom stereocenters. The zero-order valence-electron chi connectivity index (χ0n) is 15.5. The SMILES string of the molecule is Cl.N[C@H](COCc1ccccc1)COc1cncc(/C=C/c2ccncc2)c1. The number of aromatic nitrogens is 2. The molecule has 2 heterocycles. The number of nitrogens with two attached hydrogens (primary N) is 1. The molecule has 5 nitrogen and oxygen atoms in total. The van der Waals surface area contributed by atoms with Crippen molar-refractivity contribution in [2.45, 2.75) is 12.6 Å². The summed E-state index contributed by atoms with van der Waals surface area (Å²) in [6, 6.07) is 15.6. The Balaban J connectivity index is 0.00000280. The lowest BCUT2D eigenvalue weighted by atomic mass is 10.2. The minimum atomic E-state index is -0.204. The van der Waals surface area contributed by atoms with Crippen molar-refractivity contribution < 1.29 is 9.47 Å². The van der Waals surface area contributed by atoms with Gasteiger partial charge in [0.15, 0.2) is 0 Å². The van der Waals surface area contributed by atoms with E-state index >= 15 is 0 Å². The van der Waals surface area contributed by atoms with Crippen LogP contribution in [0.4, 0.5) is 0 Å². The third kappa shape index (κ3) is 7.48. The summed E-state index contributed by atoms with van der Waals surface area (Å²) in [4.78, 5) is 8.22. The second kappa shape index (κ2) is 11.9. The molecule has 0 bridgehead atoms. The fourth-order valence-electron chi connectivity index (χ4n) is 2.43. The summed E-state index contributed by atoms with van der Waals surface area (Å²) < 4.78 is 11.4. The molecule has 0 spiro atoms. The first-order valence-electron chi connectivity index (χ1n) is 8.83. The number of nitrogens with zero attached hydrogens (tertiary/aromatic N) is 2. The zero-order valence-corrected chi connectivity index (χ0v) is 16.3. The van der Waals surface area contributed by atoms with Crippen LogP contribution in [-0.2, 0) is 11.3 Å². The van der Waals surface area contributed by atoms with Crippen molar-refractivity contribution in [3.05, 3.63) is 90.0 Å². The summed E-state index contributed by atoms with van der Waals surface area (Å²) in [6.07, 6.45) is 11.0. The first kappa shape index (κ1) is 21.6. The van der Waals surface area contributed by atoms with Gasteiger partial charge in [-0.3, -0.25) is 9.97 Å². The van der Waals surface area contributed by atoms with Gasteiger partial charge in [0, 0.05) is 18.6 Å². The van der Waals surface area contributed by atoms with Crippen molar-refractivity contribution in [2.75, 3.05) is 13.2 Å². The molecule has 2 N–H and O–H groups in total. The maximum absolute atomic E-state index is 6.07. The van der Waals surface area contributed by atoms with Gasteiger partial charge in [-0.25, -0.2) is 0 Å². The van der Waals surface area contributed by atoms with Crippen LogP contribution in [-0.4, -0.2) is 29.2 Å². The highest BCUT2D eigenvalue weighted by Gasteiger charge is 2.05. The fraction of sp³-hybridized carbons (Fsp3) is 0.182. The summed E-state index contributed by atoms with van der Waals surface area (Å²) in [5.74, 6) is 0.686. The van der Waals surface area contributed by atoms with E-state index in [1.165, 1.54) is 0 Å². The Hall–Kier alpha value is -2.73. The van der Waals surface area contributed by atoms with Gasteiger partial charge in [0.2, 0.25) is 0 Å². The largest absolute Gasteiger partial charge is 0.490 e. The van der Waals surface area contributed by atoms with Gasteiger partial charge in [-0.2, -0.15) is 0 Å². The molecule has 0 radical (unpaired) electrons. The van der Waals surface area contributed by atoms with Gasteiger partial charge in [0.1, 0.15) is 12.4 Å². The van der Waals surface area contributed by atoms with Crippen molar-refractivity contribution in [3.63, 3.8) is 0 Å². The van der Waals surface area contributed by atoms with Crippen molar-refractivity contribution in [1.82, 2.24) is 9.97 Å². The average molecular weight is 398 g/mol. The van der Waals surface area contributed by atoms with Crippen LogP contribution in [0.5, 0.6) is 5.75 Å². The molecule has 1 aromatic carbocycles. The minimum Gasteiger partial charge on any atom is -0.490 e. The molecule has 3 aromatic rings. The summed E-state index contributed by atoms with van der Waals surface area (Å²) in [6.45, 7) is 1.35. The second-order valence-corrected chi connectivity index (χ2v) is 6.14. The first-order valence-corrected chi connectivity index (χ1v) is 8.83. The van der Waals surface area contributed by atoms with E-state index in [1.54, 1.807) is 24.8 Å². The number of pyridine rings is 2. The second-order valence-electron chi connectivity index (χ2n) is 6.14. The van der Waals surface area contributed by atoms with Gasteiger partial charge in [-0.1, -0.05) is 42.5 Å². The third-order valence-electron chi connectivity index (χ3n) is 3.82. The highest BCUT2D eigenvalue weighted by Crippen LogP contribution is 2.14. The van der Waals surface area contributed by atoms with Crippen LogP contribution in [0.2, 0.25) is 0 Å². The lowest BCUT2D eigenvalue weighted by molar-refractivity contribution is 0.0935. The van der Waals surface area contributed by atoms with E-state index in [0.29, 0.717) is 25.6 Å². The monoisotopic (exact) mass is 397 g/mol. The number of rotatable bonds is 9. The van der Waals surface area contributed by atoms with Gasteiger partial charge in [-0.05, 0) is 34.9 Å². The van der Waals surface area contributed by atoms with E-state index < -0.39 is 0 Å². The molecule has 0 amide bonds. The highest BCUT2D eigenvalue weighted by atomic mass is 35.5. The van der Waals surface area contributed by atoms with E-state index in [-0.39, 0.29) is 18.4 Å². The number of halogens is 1. The lowest BCUT2D eigenvalue weighted by Crippen LogP contribution is -2.32. The molecule has 0 aliphatic rings. The van der Waals surface area contributed by atoms with Crippen LogP contribution in [0.25, 0.3) is 12.2 Å². The molecule has 1 atom stereocenters. The first-order chi connectivity index (χ1) is 13.3. The molecule has 2 aromatic heterocycles. The lowest BCUT2D eigenvalue weighted by Gasteiger charge is -2.13. The van der Waals surface area contributed by atoms with Crippen LogP contribution in [0, 0.1) is 0 Å². The molecule has 3 rings (SSSR count). The Bertz CT molecular complexity index is 845. The molecule has 0 aliphatic heterocycles. The smallest absolute Gasteiger partial charge is 0.138 e. The standard InChI is InChI=1S/C22H23N3O2.ClH/c23-21(16-26-15-19-4-2-1-3-5-19)17-27-22-12-20(13-25-14-22)7-6-18-8-10-24-11-9-18;/h1-14,21H,15-17,23H2;1H/b7-6+;/t21-;/m1./s1. The van der Waals surface area contributed by atoms with Gasteiger partial charge in [0.25, 0.3) is 0 Å². The number of hydrogen-bond acceptors (Lipinski definition) is 5. The Morgan fingerprint density at radius 1 is 0.893 bits per heavy atom. The topological polar surface area (TPSA) is 70.3 Å². The van der Waals surface area contributed by atoms with E-state index in [1.807, 2.05) is 60.7 Å². The van der Waals surface area contributed by atoms with Crippen molar-refractivity contribution in [2.24, 2.45) is 5.73 Å². The molecule has 146 valence electrons. The van der Waals surface area contributed by atoms with Crippen LogP contribution >= 0.6 is 12.4 Å². The minimum absolute atomic E-state index is 0. The zero-order chi connectivity index (χ0) is 18.7. The molecular weight excluding hydrogens is 374 g/mol. The summed E-state index contributed by atoms with van der Waals surface area (Å²) in [7, 11) is 0. The highest BCUT2D eigenvalue weighted by molar-refractivity contribution is 5.85. The molecule has 0 saturated carbocycles. The Morgan fingerprint density at radius 2 is 1.64 bits per heavy atom. The maximum atomic E-state index is 6.07. The Labute approximate surface area is 171 Å². The van der Waals surface area contributed by atoms with E-state index in [0.717, 1.165) is 16.7 Å². The summed E-state index contributed by atoms with van der Waals surface area (Å²) >= 11 is 0. The Kier molecular flexibility index (Phi) is 9.15. The van der Waals surface area contributed by atoms with Crippen LogP contribution in [0.15, 0.2) is 73.3 Å². The number of benzene rings is 1. The Morgan fingerprint density at radius 3 is 2.43 bits per heavy atom. The number of ether oxygens (including phenoxy) is 2. The van der Waals surface area contributed by atoms with E-state index in [9.17, 15) is 0 Å². The van der Waals surface area contributed by atoms with Gasteiger partial charge in [0.05, 0.1) is 25.5 Å². The molecule has 0 aliphatic carbocycles. The van der Waals surface area contributed by atoms with Crippen LogP contribution in [0.3, 0.4) is 0 Å². The molecule has 0 saturated heterocycles. The normalized spacial score (nSPS) is 11.8. The third-order valence-corrected chi connectivity index (χ3v) is 3.82. The van der Waals surface area contributed by atoms with Gasteiger partial charge >= 0.3 is 0 Å². The van der Waals surface area contributed by atoms with Gasteiger partial charge in [-0.15, -0.1) is 12.4 Å². The fourth-order valence-corrected chi connectivity index (χ4v) is 2.43. The quantitative estimate of drug-likeness (QED) is 0.591. The van der Waals surface area contributed by atoms with Crippen molar-refractivity contribution in [1.29, 1.82) is 0 Å².